The molecule has 0 radical (unpaired) electrons. The van der Waals surface area contributed by atoms with E-state index in [-0.39, 0.29) is 11.5 Å². The molecule has 0 saturated heterocycles. The zero-order valence-corrected chi connectivity index (χ0v) is 10.2. The fourth-order valence-electron chi connectivity index (χ4n) is 1.89. The highest BCUT2D eigenvalue weighted by atomic mass is 19.1. The maximum atomic E-state index is 13.0. The van der Waals surface area contributed by atoms with Gasteiger partial charge in [0.15, 0.2) is 5.69 Å². The second-order valence-corrected chi connectivity index (χ2v) is 4.02. The summed E-state index contributed by atoms with van der Waals surface area (Å²) in [4.78, 5) is 3.94. The number of nitrogens with zero attached hydrogens (tertiary/aromatic N) is 5. The van der Waals surface area contributed by atoms with Crippen molar-refractivity contribution < 1.29 is 4.39 Å². The summed E-state index contributed by atoms with van der Waals surface area (Å²) in [6.07, 6.45) is 3.25. The largest absolute Gasteiger partial charge is 0.265 e. The van der Waals surface area contributed by atoms with Crippen LogP contribution in [0.5, 0.6) is 0 Å². The smallest absolute Gasteiger partial charge is 0.191 e. The van der Waals surface area contributed by atoms with Gasteiger partial charge in [0, 0.05) is 18.0 Å². The number of pyridine rings is 1. The van der Waals surface area contributed by atoms with Gasteiger partial charge in [-0.1, -0.05) is 5.21 Å². The Morgan fingerprint density at radius 3 is 2.40 bits per heavy atom. The molecule has 0 spiro atoms. The highest BCUT2D eigenvalue weighted by Crippen LogP contribution is 2.24. The van der Waals surface area contributed by atoms with Crippen LogP contribution in [-0.2, 0) is 0 Å². The van der Waals surface area contributed by atoms with Crippen LogP contribution in [0.3, 0.4) is 0 Å². The van der Waals surface area contributed by atoms with E-state index in [0.717, 1.165) is 5.56 Å². The van der Waals surface area contributed by atoms with Gasteiger partial charge in [0.25, 0.3) is 0 Å². The molecule has 0 atom stereocenters. The molecule has 0 fully saturated rings. The third-order valence-corrected chi connectivity index (χ3v) is 2.80. The van der Waals surface area contributed by atoms with E-state index in [1.165, 1.54) is 16.8 Å². The van der Waals surface area contributed by atoms with Gasteiger partial charge < -0.3 is 0 Å². The minimum Gasteiger partial charge on any atom is -0.265 e. The molecule has 0 aliphatic rings. The summed E-state index contributed by atoms with van der Waals surface area (Å²) in [5.74, 6) is -0.333. The third-order valence-electron chi connectivity index (χ3n) is 2.80. The Hall–Kier alpha value is -3.07. The number of benzene rings is 1. The first-order valence-corrected chi connectivity index (χ1v) is 5.82. The molecule has 20 heavy (non-hydrogen) atoms. The highest BCUT2D eigenvalue weighted by molar-refractivity contribution is 5.66. The average molecular weight is 265 g/mol. The quantitative estimate of drug-likeness (QED) is 0.713. The van der Waals surface area contributed by atoms with Gasteiger partial charge in [-0.15, -0.1) is 5.10 Å². The number of hydrogen-bond donors (Lipinski definition) is 0. The SMILES string of the molecule is N#Cc1nnn(-c2ccc(F)cc2)c1-c1ccncc1. The second kappa shape index (κ2) is 4.90. The van der Waals surface area contributed by atoms with Gasteiger partial charge in [-0.25, -0.2) is 9.07 Å². The molecule has 2 heterocycles. The third kappa shape index (κ3) is 2.01. The lowest BCUT2D eigenvalue weighted by Gasteiger charge is -2.06. The monoisotopic (exact) mass is 265 g/mol. The summed E-state index contributed by atoms with van der Waals surface area (Å²) >= 11 is 0. The van der Waals surface area contributed by atoms with E-state index in [2.05, 4.69) is 15.3 Å². The van der Waals surface area contributed by atoms with Crippen molar-refractivity contribution in [3.8, 4) is 23.0 Å². The van der Waals surface area contributed by atoms with Gasteiger partial charge in [0.05, 0.1) is 5.69 Å². The zero-order valence-electron chi connectivity index (χ0n) is 10.2. The fraction of sp³-hybridized carbons (Fsp3) is 0. The average Bonchev–Trinajstić information content (AvgIpc) is 2.93. The molecule has 0 aliphatic heterocycles. The van der Waals surface area contributed by atoms with Crippen LogP contribution in [0.15, 0.2) is 48.8 Å². The summed E-state index contributed by atoms with van der Waals surface area (Å²) in [5, 5.41) is 17.0. The number of hydrogen-bond acceptors (Lipinski definition) is 4. The summed E-state index contributed by atoms with van der Waals surface area (Å²) in [6.45, 7) is 0. The molecule has 96 valence electrons. The lowest BCUT2D eigenvalue weighted by atomic mass is 10.1. The predicted molar refractivity (Wildman–Crippen MR) is 69.3 cm³/mol. The topological polar surface area (TPSA) is 67.4 Å². The second-order valence-electron chi connectivity index (χ2n) is 4.02. The molecule has 3 aromatic rings. The van der Waals surface area contributed by atoms with Crippen LogP contribution in [0.4, 0.5) is 4.39 Å². The van der Waals surface area contributed by atoms with E-state index >= 15 is 0 Å². The van der Waals surface area contributed by atoms with Crippen LogP contribution in [0, 0.1) is 17.1 Å². The van der Waals surface area contributed by atoms with Gasteiger partial charge in [-0.3, -0.25) is 4.98 Å². The molecule has 5 nitrogen and oxygen atoms in total. The Labute approximate surface area is 113 Å². The van der Waals surface area contributed by atoms with Crippen molar-refractivity contribution in [2.75, 3.05) is 0 Å². The standard InChI is InChI=1S/C14H8FN5/c15-11-1-3-12(4-2-11)20-14(13(9-16)18-19-20)10-5-7-17-8-6-10/h1-8H. The van der Waals surface area contributed by atoms with Gasteiger partial charge >= 0.3 is 0 Å². The van der Waals surface area contributed by atoms with E-state index in [1.807, 2.05) is 6.07 Å². The normalized spacial score (nSPS) is 10.2. The van der Waals surface area contributed by atoms with E-state index in [0.29, 0.717) is 11.4 Å². The Bertz CT molecular complexity index is 772. The lowest BCUT2D eigenvalue weighted by Crippen LogP contribution is -1.99. The van der Waals surface area contributed by atoms with Gasteiger partial charge in [0.1, 0.15) is 17.6 Å². The minimum absolute atomic E-state index is 0.209. The van der Waals surface area contributed by atoms with Gasteiger partial charge in [-0.2, -0.15) is 5.26 Å². The Morgan fingerprint density at radius 2 is 1.75 bits per heavy atom. The highest BCUT2D eigenvalue weighted by Gasteiger charge is 2.15. The first-order valence-electron chi connectivity index (χ1n) is 5.82. The molecule has 2 aromatic heterocycles. The van der Waals surface area contributed by atoms with Crippen LogP contribution in [0.25, 0.3) is 16.9 Å². The Morgan fingerprint density at radius 1 is 1.05 bits per heavy atom. The predicted octanol–water partition coefficient (Wildman–Crippen LogP) is 2.34. The van der Waals surface area contributed by atoms with Crippen molar-refractivity contribution in [3.63, 3.8) is 0 Å². The molecule has 0 unspecified atom stereocenters. The number of aromatic nitrogens is 4. The molecule has 0 aliphatic carbocycles. The van der Waals surface area contributed by atoms with E-state index in [4.69, 9.17) is 5.26 Å². The number of nitriles is 1. The van der Waals surface area contributed by atoms with Crippen molar-refractivity contribution in [2.45, 2.75) is 0 Å². The van der Waals surface area contributed by atoms with Crippen molar-refractivity contribution >= 4 is 0 Å². The summed E-state index contributed by atoms with van der Waals surface area (Å²) < 4.78 is 14.5. The molecule has 6 heteroatoms. The van der Waals surface area contributed by atoms with Gasteiger partial charge in [-0.05, 0) is 36.4 Å². The zero-order chi connectivity index (χ0) is 13.9. The van der Waals surface area contributed by atoms with Crippen LogP contribution >= 0.6 is 0 Å². The van der Waals surface area contributed by atoms with Gasteiger partial charge in [0.2, 0.25) is 0 Å². The molecule has 1 aromatic carbocycles. The molecule has 0 bridgehead atoms. The van der Waals surface area contributed by atoms with Crippen LogP contribution in [-0.4, -0.2) is 20.0 Å². The fourth-order valence-corrected chi connectivity index (χ4v) is 1.89. The molecule has 0 saturated carbocycles. The van der Waals surface area contributed by atoms with Crippen LogP contribution in [0.1, 0.15) is 5.69 Å². The molecule has 0 amide bonds. The maximum absolute atomic E-state index is 13.0. The summed E-state index contributed by atoms with van der Waals surface area (Å²) in [6, 6.07) is 11.4. The van der Waals surface area contributed by atoms with Crippen molar-refractivity contribution in [2.24, 2.45) is 0 Å². The van der Waals surface area contributed by atoms with Crippen molar-refractivity contribution in [1.82, 2.24) is 20.0 Å². The van der Waals surface area contributed by atoms with E-state index < -0.39 is 0 Å². The van der Waals surface area contributed by atoms with E-state index in [1.54, 1.807) is 36.7 Å². The summed E-state index contributed by atoms with van der Waals surface area (Å²) in [5.41, 5.74) is 2.17. The van der Waals surface area contributed by atoms with Crippen LogP contribution in [0.2, 0.25) is 0 Å². The Balaban J connectivity index is 2.21. The molecular formula is C14H8FN5. The van der Waals surface area contributed by atoms with E-state index in [9.17, 15) is 4.39 Å². The maximum Gasteiger partial charge on any atom is 0.191 e. The minimum atomic E-state index is -0.333. The van der Waals surface area contributed by atoms with Crippen molar-refractivity contribution in [1.29, 1.82) is 5.26 Å². The number of rotatable bonds is 2. The Kier molecular flexibility index (Phi) is 2.94. The summed E-state index contributed by atoms with van der Waals surface area (Å²) in [7, 11) is 0. The molecule has 3 rings (SSSR count). The molecular weight excluding hydrogens is 257 g/mol. The van der Waals surface area contributed by atoms with Crippen molar-refractivity contribution in [3.05, 3.63) is 60.3 Å². The number of halogens is 1. The molecule has 0 N–H and O–H groups in total. The van der Waals surface area contributed by atoms with Crippen LogP contribution < -0.4 is 0 Å². The first kappa shape index (κ1) is 12.0. The first-order chi connectivity index (χ1) is 9.79. The lowest BCUT2D eigenvalue weighted by molar-refractivity contribution is 0.627.